The van der Waals surface area contributed by atoms with Gasteiger partial charge in [-0.15, -0.1) is 10.1 Å². The average molecular weight is 797 g/mol. The molecule has 0 radical (unpaired) electrons. The van der Waals surface area contributed by atoms with Gasteiger partial charge in [0.1, 0.15) is 0 Å². The lowest BCUT2D eigenvalue weighted by Crippen LogP contribution is -2.32. The number of hydroxylamine groups is 4. The highest BCUT2D eigenvalue weighted by Gasteiger charge is 2.33. The summed E-state index contributed by atoms with van der Waals surface area (Å²) in [5.74, 6) is -3.49. The van der Waals surface area contributed by atoms with Crippen LogP contribution in [0.2, 0.25) is 0 Å². The van der Waals surface area contributed by atoms with Crippen molar-refractivity contribution in [3.8, 4) is 0 Å². The van der Waals surface area contributed by atoms with E-state index >= 15 is 0 Å². The van der Waals surface area contributed by atoms with Crippen LogP contribution in [0, 0.1) is 0 Å². The van der Waals surface area contributed by atoms with Gasteiger partial charge in [0, 0.05) is 25.7 Å². The van der Waals surface area contributed by atoms with Crippen molar-refractivity contribution < 1.29 is 90.5 Å². The summed E-state index contributed by atoms with van der Waals surface area (Å²) in [5, 5.41) is 1.02. The van der Waals surface area contributed by atoms with Crippen molar-refractivity contribution in [3.05, 3.63) is 0 Å². The molecule has 2 aliphatic rings. The Balaban J connectivity index is 1.15. The smallest absolute Gasteiger partial charge is 0.335 e. The summed E-state index contributed by atoms with van der Waals surface area (Å²) in [4.78, 5) is 78.4. The summed E-state index contributed by atoms with van der Waals surface area (Å²) in [6.45, 7) is 8.15. The number of imide groups is 2. The van der Waals surface area contributed by atoms with E-state index in [1.807, 2.05) is 0 Å². The standard InChI is InChI=1S/C34H56N2O19/c37-29-1-2-30(38)35(29)54-33(41)5-7-43-9-11-45-13-15-47-17-19-49-21-23-51-25-27-53-28-26-52-24-22-50-20-18-48-16-14-46-12-10-44-8-6-34(42)55-36-31(39)3-4-32(36)40/h1-28H2. The number of carbonyl (C=O) groups is 6. The molecule has 21 heteroatoms. The zero-order valence-electron chi connectivity index (χ0n) is 31.5. The first-order valence-electron chi connectivity index (χ1n) is 18.4. The maximum absolute atomic E-state index is 11.7. The molecule has 0 aromatic heterocycles. The number of carbonyl (C=O) groups excluding carboxylic acids is 6. The van der Waals surface area contributed by atoms with Crippen LogP contribution in [0.25, 0.3) is 0 Å². The van der Waals surface area contributed by atoms with Crippen molar-refractivity contribution in [1.82, 2.24) is 10.1 Å². The van der Waals surface area contributed by atoms with Gasteiger partial charge < -0.3 is 61.8 Å². The lowest BCUT2D eigenvalue weighted by atomic mass is 10.4. The van der Waals surface area contributed by atoms with Gasteiger partial charge in [0.15, 0.2) is 0 Å². The van der Waals surface area contributed by atoms with Crippen LogP contribution in [0.4, 0.5) is 0 Å². The van der Waals surface area contributed by atoms with Crippen molar-refractivity contribution in [1.29, 1.82) is 0 Å². The molecule has 21 nitrogen and oxygen atoms in total. The Labute approximate surface area is 320 Å². The predicted molar refractivity (Wildman–Crippen MR) is 183 cm³/mol. The number of nitrogens with zero attached hydrogens (tertiary/aromatic N) is 2. The molecule has 2 aliphatic heterocycles. The summed E-state index contributed by atoms with van der Waals surface area (Å²) in [5.41, 5.74) is 0. The largest absolute Gasteiger partial charge is 0.378 e. The van der Waals surface area contributed by atoms with Crippen LogP contribution in [-0.2, 0) is 90.5 Å². The van der Waals surface area contributed by atoms with Crippen molar-refractivity contribution in [2.75, 3.05) is 145 Å². The normalized spacial score (nSPS) is 14.5. The Morgan fingerprint density at radius 3 is 0.655 bits per heavy atom. The van der Waals surface area contributed by atoms with Crippen LogP contribution in [0.1, 0.15) is 38.5 Å². The fourth-order valence-corrected chi connectivity index (χ4v) is 4.22. The van der Waals surface area contributed by atoms with Crippen LogP contribution in [0.5, 0.6) is 0 Å². The van der Waals surface area contributed by atoms with E-state index in [4.69, 9.17) is 61.8 Å². The molecule has 0 atom stereocenters. The highest BCUT2D eigenvalue weighted by Crippen LogP contribution is 2.13. The molecule has 0 unspecified atom stereocenters. The van der Waals surface area contributed by atoms with E-state index in [9.17, 15) is 28.8 Å². The Hall–Kier alpha value is -3.22. The second-order valence-corrected chi connectivity index (χ2v) is 11.3. The molecule has 0 spiro atoms. The topological polar surface area (TPSA) is 229 Å². The van der Waals surface area contributed by atoms with Crippen LogP contribution >= 0.6 is 0 Å². The van der Waals surface area contributed by atoms with Gasteiger partial charge in [0.05, 0.1) is 158 Å². The Kier molecular flexibility index (Phi) is 28.7. The minimum absolute atomic E-state index is 0.0507. The minimum Gasteiger partial charge on any atom is -0.378 e. The van der Waals surface area contributed by atoms with Gasteiger partial charge in [0.25, 0.3) is 23.6 Å². The minimum atomic E-state index is -0.708. The highest BCUT2D eigenvalue weighted by atomic mass is 16.7. The van der Waals surface area contributed by atoms with Crippen molar-refractivity contribution in [2.45, 2.75) is 38.5 Å². The summed E-state index contributed by atoms with van der Waals surface area (Å²) in [6.07, 6.45) is 0.0341. The number of hydrogen-bond donors (Lipinski definition) is 0. The molecule has 0 N–H and O–H groups in total. The maximum Gasteiger partial charge on any atom is 0.335 e. The van der Waals surface area contributed by atoms with Gasteiger partial charge in [-0.2, -0.15) is 0 Å². The summed E-state index contributed by atoms with van der Waals surface area (Å²) >= 11 is 0. The zero-order chi connectivity index (χ0) is 39.6. The molecule has 2 fully saturated rings. The predicted octanol–water partition coefficient (Wildman–Crippen LogP) is -0.836. The van der Waals surface area contributed by atoms with E-state index in [2.05, 4.69) is 0 Å². The fraction of sp³-hybridized carbons (Fsp3) is 0.824. The number of hydrogen-bond acceptors (Lipinski definition) is 19. The van der Waals surface area contributed by atoms with E-state index in [0.29, 0.717) is 129 Å². The van der Waals surface area contributed by atoms with Gasteiger partial charge in [-0.1, -0.05) is 0 Å². The van der Waals surface area contributed by atoms with Gasteiger partial charge in [-0.3, -0.25) is 19.2 Å². The third kappa shape index (κ3) is 25.5. The van der Waals surface area contributed by atoms with Gasteiger partial charge in [-0.25, -0.2) is 9.59 Å². The average Bonchev–Trinajstić information content (AvgIpc) is 3.66. The van der Waals surface area contributed by atoms with Crippen molar-refractivity contribution in [2.24, 2.45) is 0 Å². The molecule has 55 heavy (non-hydrogen) atoms. The van der Waals surface area contributed by atoms with Gasteiger partial charge >= 0.3 is 11.9 Å². The molecule has 4 amide bonds. The van der Waals surface area contributed by atoms with Crippen molar-refractivity contribution >= 4 is 35.6 Å². The number of amides is 4. The number of ether oxygens (including phenoxy) is 11. The molecular weight excluding hydrogens is 740 g/mol. The van der Waals surface area contributed by atoms with E-state index in [-0.39, 0.29) is 65.0 Å². The molecule has 0 saturated carbocycles. The second kappa shape index (κ2) is 33.0. The van der Waals surface area contributed by atoms with Crippen LogP contribution < -0.4 is 0 Å². The fourth-order valence-electron chi connectivity index (χ4n) is 4.22. The lowest BCUT2D eigenvalue weighted by Gasteiger charge is -2.12. The van der Waals surface area contributed by atoms with Gasteiger partial charge in [0.2, 0.25) is 0 Å². The zero-order valence-corrected chi connectivity index (χ0v) is 31.5. The molecule has 2 saturated heterocycles. The molecule has 316 valence electrons. The maximum atomic E-state index is 11.7. The van der Waals surface area contributed by atoms with E-state index in [1.54, 1.807) is 0 Å². The molecular formula is C34H56N2O19. The molecule has 0 aromatic rings. The van der Waals surface area contributed by atoms with Gasteiger partial charge in [-0.05, 0) is 0 Å². The Morgan fingerprint density at radius 2 is 0.473 bits per heavy atom. The highest BCUT2D eigenvalue weighted by molar-refractivity contribution is 6.02. The van der Waals surface area contributed by atoms with E-state index in [0.717, 1.165) is 0 Å². The van der Waals surface area contributed by atoms with E-state index < -0.39 is 35.6 Å². The number of rotatable bonds is 38. The molecule has 0 aromatic carbocycles. The summed E-state index contributed by atoms with van der Waals surface area (Å²) < 4.78 is 59.4. The third-order valence-corrected chi connectivity index (χ3v) is 7.02. The first-order valence-corrected chi connectivity index (χ1v) is 18.4. The van der Waals surface area contributed by atoms with Crippen LogP contribution in [0.15, 0.2) is 0 Å². The monoisotopic (exact) mass is 796 g/mol. The summed E-state index contributed by atoms with van der Waals surface area (Å²) in [6, 6.07) is 0. The third-order valence-electron chi connectivity index (χ3n) is 7.02. The van der Waals surface area contributed by atoms with Crippen molar-refractivity contribution in [3.63, 3.8) is 0 Å². The first-order chi connectivity index (χ1) is 26.9. The quantitative estimate of drug-likeness (QED) is 0.0548. The molecule has 0 aliphatic carbocycles. The second-order valence-electron chi connectivity index (χ2n) is 11.3. The van der Waals surface area contributed by atoms with Crippen LogP contribution in [0.3, 0.4) is 0 Å². The first kappa shape index (κ1) is 47.9. The summed E-state index contributed by atoms with van der Waals surface area (Å²) in [7, 11) is 0. The Bertz CT molecular complexity index is 983. The lowest BCUT2D eigenvalue weighted by molar-refractivity contribution is -0.198. The van der Waals surface area contributed by atoms with Crippen LogP contribution in [-0.4, -0.2) is 191 Å². The Morgan fingerprint density at radius 1 is 0.309 bits per heavy atom. The SMILES string of the molecule is O=C(CCOCCOCCOCCOCCOCCOCCOCCOCCOCCOCCOCCC(=O)ON1C(=O)CCC1=O)ON1C(=O)CCC1=O. The van der Waals surface area contributed by atoms with E-state index in [1.165, 1.54) is 0 Å². The molecule has 2 heterocycles. The molecule has 2 rings (SSSR count). The molecule has 0 bridgehead atoms.